The van der Waals surface area contributed by atoms with Crippen LogP contribution in [0, 0.1) is 11.3 Å². The molecule has 0 radical (unpaired) electrons. The number of ether oxygens (including phenoxy) is 3. The summed E-state index contributed by atoms with van der Waals surface area (Å²) in [5.74, 6) is -0.274. The number of carbonyl (C=O) groups excluding carboxylic acids is 2. The summed E-state index contributed by atoms with van der Waals surface area (Å²) >= 11 is 8.78. The number of carbonyl (C=O) groups is 2. The third kappa shape index (κ3) is 5.30. The smallest absolute Gasteiger partial charge is 0.339 e. The Bertz CT molecular complexity index is 1220. The topological polar surface area (TPSA) is 122 Å². The van der Waals surface area contributed by atoms with Crippen molar-refractivity contribution in [3.8, 4) is 17.6 Å². The number of rotatable bonds is 7. The van der Waals surface area contributed by atoms with Gasteiger partial charge in [0.05, 0.1) is 41.6 Å². The lowest BCUT2D eigenvalue weighted by Crippen LogP contribution is -2.45. The van der Waals surface area contributed by atoms with Crippen molar-refractivity contribution in [2.75, 3.05) is 26.1 Å². The molecule has 11 heteroatoms. The Hall–Kier alpha value is -3.62. The van der Waals surface area contributed by atoms with Gasteiger partial charge < -0.3 is 30.2 Å². The maximum Gasteiger partial charge on any atom is 0.339 e. The van der Waals surface area contributed by atoms with Crippen molar-refractivity contribution in [3.63, 3.8) is 0 Å². The minimum Gasteiger partial charge on any atom is -0.493 e. The lowest BCUT2D eigenvalue weighted by Gasteiger charge is -2.31. The van der Waals surface area contributed by atoms with Gasteiger partial charge in [0.25, 0.3) is 5.91 Å². The highest BCUT2D eigenvalue weighted by atomic mass is 79.9. The van der Waals surface area contributed by atoms with Crippen molar-refractivity contribution in [1.82, 2.24) is 10.6 Å². The number of hydrogen-bond donors (Lipinski definition) is 3. The summed E-state index contributed by atoms with van der Waals surface area (Å²) in [5, 5.41) is 18.1. The molecule has 2 aromatic rings. The molecule has 9 nitrogen and oxygen atoms in total. The van der Waals surface area contributed by atoms with Crippen molar-refractivity contribution in [1.29, 1.82) is 5.26 Å². The first-order chi connectivity index (χ1) is 16.3. The molecule has 1 unspecified atom stereocenters. The molecule has 3 N–H and O–H groups in total. The van der Waals surface area contributed by atoms with Gasteiger partial charge in [0, 0.05) is 5.70 Å². The van der Waals surface area contributed by atoms with Gasteiger partial charge in [-0.2, -0.15) is 5.26 Å². The second-order valence-electron chi connectivity index (χ2n) is 7.04. The molecule has 1 aliphatic heterocycles. The van der Waals surface area contributed by atoms with Crippen LogP contribution in [0.1, 0.15) is 28.9 Å². The van der Waals surface area contributed by atoms with E-state index in [0.29, 0.717) is 43.6 Å². The standard InChI is InChI=1S/C23H21BrN4O5S/c1-12-18(21(29)27-16-7-5-4-6-14(16)22(30)32-3)19(28-23(34)26-12)13-10-15(24)20(33-9-8-25)17(11-13)31-2/h4-7,10-11,19H,9H2,1-3H3,(H,27,29)(H2,26,28,34). The Kier molecular flexibility index (Phi) is 8.09. The number of amides is 1. The first-order valence-corrected chi connectivity index (χ1v) is 11.1. The Labute approximate surface area is 210 Å². The third-order valence-electron chi connectivity index (χ3n) is 4.96. The number of nitrogens with one attached hydrogen (secondary N) is 3. The van der Waals surface area contributed by atoms with Crippen LogP contribution in [0.25, 0.3) is 0 Å². The van der Waals surface area contributed by atoms with Gasteiger partial charge in [-0.15, -0.1) is 0 Å². The molecule has 1 heterocycles. The van der Waals surface area contributed by atoms with Crippen LogP contribution in [0.5, 0.6) is 11.5 Å². The minimum absolute atomic E-state index is 0.156. The van der Waals surface area contributed by atoms with Gasteiger partial charge in [0.1, 0.15) is 6.07 Å². The summed E-state index contributed by atoms with van der Waals surface area (Å²) in [4.78, 5) is 25.6. The molecule has 1 atom stereocenters. The van der Waals surface area contributed by atoms with Gasteiger partial charge in [-0.05, 0) is 64.9 Å². The molecule has 1 amide bonds. The summed E-state index contributed by atoms with van der Waals surface area (Å²) in [6.07, 6.45) is 0. The predicted octanol–water partition coefficient (Wildman–Crippen LogP) is 3.58. The maximum atomic E-state index is 13.4. The maximum absolute atomic E-state index is 13.4. The number of nitrogens with zero attached hydrogens (tertiary/aromatic N) is 1. The van der Waals surface area contributed by atoms with Gasteiger partial charge in [-0.3, -0.25) is 4.79 Å². The van der Waals surface area contributed by atoms with Crippen molar-refractivity contribution < 1.29 is 23.8 Å². The summed E-state index contributed by atoms with van der Waals surface area (Å²) in [5.41, 5.74) is 2.09. The Balaban J connectivity index is 2.02. The average Bonchev–Trinajstić information content (AvgIpc) is 2.82. The largest absolute Gasteiger partial charge is 0.493 e. The second kappa shape index (κ2) is 11.0. The van der Waals surface area contributed by atoms with Gasteiger partial charge in [0.2, 0.25) is 0 Å². The highest BCUT2D eigenvalue weighted by Gasteiger charge is 2.32. The molecular weight excluding hydrogens is 524 g/mol. The van der Waals surface area contributed by atoms with Crippen molar-refractivity contribution >= 4 is 50.8 Å². The molecule has 0 fully saturated rings. The number of esters is 1. The van der Waals surface area contributed by atoms with Crippen LogP contribution in [0.2, 0.25) is 0 Å². The van der Waals surface area contributed by atoms with Gasteiger partial charge in [0.15, 0.2) is 23.2 Å². The van der Waals surface area contributed by atoms with Crippen LogP contribution in [-0.4, -0.2) is 37.8 Å². The highest BCUT2D eigenvalue weighted by molar-refractivity contribution is 9.10. The van der Waals surface area contributed by atoms with E-state index in [0.717, 1.165) is 0 Å². The van der Waals surface area contributed by atoms with E-state index < -0.39 is 17.9 Å². The van der Waals surface area contributed by atoms with E-state index in [1.165, 1.54) is 14.2 Å². The van der Waals surface area contributed by atoms with E-state index in [9.17, 15) is 9.59 Å². The number of thiocarbonyl (C=S) groups is 1. The minimum atomic E-state index is -0.644. The molecule has 176 valence electrons. The van der Waals surface area contributed by atoms with Crippen molar-refractivity contribution in [2.45, 2.75) is 13.0 Å². The van der Waals surface area contributed by atoms with E-state index in [1.807, 2.05) is 6.07 Å². The van der Waals surface area contributed by atoms with Crippen molar-refractivity contribution in [3.05, 3.63) is 63.3 Å². The van der Waals surface area contributed by atoms with E-state index in [-0.39, 0.29) is 12.2 Å². The number of anilines is 1. The first-order valence-electron chi connectivity index (χ1n) is 9.94. The number of nitriles is 1. The normalized spacial score (nSPS) is 14.9. The molecule has 2 aromatic carbocycles. The molecule has 0 spiro atoms. The molecule has 0 saturated heterocycles. The lowest BCUT2D eigenvalue weighted by atomic mass is 9.94. The summed E-state index contributed by atoms with van der Waals surface area (Å²) < 4.78 is 16.3. The molecule has 0 bridgehead atoms. The number of para-hydroxylation sites is 1. The molecule has 0 aliphatic carbocycles. The SMILES string of the molecule is COC(=O)c1ccccc1NC(=O)C1=C(C)NC(=S)NC1c1cc(Br)c(OCC#N)c(OC)c1. The molecule has 1 aliphatic rings. The fourth-order valence-corrected chi connectivity index (χ4v) is 4.31. The first kappa shape index (κ1) is 25.0. The number of halogens is 1. The molecule has 3 rings (SSSR count). The fourth-order valence-electron chi connectivity index (χ4n) is 3.47. The molecule has 34 heavy (non-hydrogen) atoms. The summed E-state index contributed by atoms with van der Waals surface area (Å²) in [6, 6.07) is 11.3. The van der Waals surface area contributed by atoms with Crippen LogP contribution < -0.4 is 25.4 Å². The van der Waals surface area contributed by atoms with E-state index in [4.69, 9.17) is 31.7 Å². The Morgan fingerprint density at radius 1 is 1.26 bits per heavy atom. The average molecular weight is 545 g/mol. The fraction of sp³-hybridized carbons (Fsp3) is 0.217. The number of allylic oxidation sites excluding steroid dienone is 1. The molecule has 0 aromatic heterocycles. The monoisotopic (exact) mass is 544 g/mol. The Morgan fingerprint density at radius 3 is 2.68 bits per heavy atom. The summed E-state index contributed by atoms with van der Waals surface area (Å²) in [7, 11) is 2.75. The van der Waals surface area contributed by atoms with Crippen LogP contribution in [-0.2, 0) is 9.53 Å². The van der Waals surface area contributed by atoms with Gasteiger partial charge in [-0.25, -0.2) is 4.79 Å². The lowest BCUT2D eigenvalue weighted by molar-refractivity contribution is -0.113. The highest BCUT2D eigenvalue weighted by Crippen LogP contribution is 2.40. The number of benzene rings is 2. The quantitative estimate of drug-likeness (QED) is 0.354. The number of methoxy groups -OCH3 is 2. The van der Waals surface area contributed by atoms with Crippen LogP contribution in [0.4, 0.5) is 5.69 Å². The third-order valence-corrected chi connectivity index (χ3v) is 5.77. The van der Waals surface area contributed by atoms with E-state index in [1.54, 1.807) is 43.3 Å². The van der Waals surface area contributed by atoms with Gasteiger partial charge in [-0.1, -0.05) is 12.1 Å². The zero-order valence-corrected chi connectivity index (χ0v) is 20.9. The second-order valence-corrected chi connectivity index (χ2v) is 8.30. The Morgan fingerprint density at radius 2 is 2.00 bits per heavy atom. The van der Waals surface area contributed by atoms with E-state index >= 15 is 0 Å². The molecule has 0 saturated carbocycles. The summed E-state index contributed by atoms with van der Waals surface area (Å²) in [6.45, 7) is 1.58. The zero-order valence-electron chi connectivity index (χ0n) is 18.5. The van der Waals surface area contributed by atoms with Crippen LogP contribution in [0.3, 0.4) is 0 Å². The van der Waals surface area contributed by atoms with Crippen LogP contribution >= 0.6 is 28.1 Å². The number of hydrogen-bond acceptors (Lipinski definition) is 7. The van der Waals surface area contributed by atoms with E-state index in [2.05, 4.69) is 31.9 Å². The van der Waals surface area contributed by atoms with Crippen LogP contribution in [0.15, 0.2) is 52.1 Å². The predicted molar refractivity (Wildman–Crippen MR) is 133 cm³/mol. The van der Waals surface area contributed by atoms with Gasteiger partial charge >= 0.3 is 5.97 Å². The zero-order chi connectivity index (χ0) is 24.8. The molecular formula is C23H21BrN4O5S. The van der Waals surface area contributed by atoms with Crippen molar-refractivity contribution in [2.24, 2.45) is 0 Å².